The highest BCUT2D eigenvalue weighted by atomic mass is 16.5. The van der Waals surface area contributed by atoms with Gasteiger partial charge in [-0.3, -0.25) is 14.5 Å². The predicted molar refractivity (Wildman–Crippen MR) is 105 cm³/mol. The molecule has 1 N–H and O–H groups in total. The second kappa shape index (κ2) is 8.92. The topological polar surface area (TPSA) is 98.7 Å². The number of carbonyl (C=O) groups excluding carboxylic acids is 1. The van der Waals surface area contributed by atoms with Crippen molar-refractivity contribution in [2.24, 2.45) is 0 Å². The number of hydrogen-bond acceptors (Lipinski definition) is 6. The van der Waals surface area contributed by atoms with E-state index < -0.39 is 0 Å². The summed E-state index contributed by atoms with van der Waals surface area (Å²) in [4.78, 5) is 20.4. The molecule has 3 aromatic heterocycles. The Bertz CT molecular complexity index is 1040. The molecule has 146 valence electrons. The largest absolute Gasteiger partial charge is 0.352 e. The molecule has 0 aliphatic heterocycles. The maximum atomic E-state index is 12.1. The van der Waals surface area contributed by atoms with Crippen LogP contribution in [0, 0.1) is 0 Å². The molecule has 3 heterocycles. The second-order valence-electron chi connectivity index (χ2n) is 6.54. The van der Waals surface area contributed by atoms with Gasteiger partial charge in [-0.05, 0) is 29.3 Å². The lowest BCUT2D eigenvalue weighted by molar-refractivity contribution is -0.121. The molecule has 1 amide bonds. The molecule has 0 saturated heterocycles. The number of amides is 1. The van der Waals surface area contributed by atoms with Crippen LogP contribution in [0.15, 0.2) is 71.8 Å². The molecule has 0 unspecified atom stereocenters. The van der Waals surface area contributed by atoms with Crippen molar-refractivity contribution in [2.75, 3.05) is 0 Å². The normalized spacial score (nSPS) is 10.8. The zero-order valence-electron chi connectivity index (χ0n) is 15.7. The molecule has 0 fully saturated rings. The van der Waals surface area contributed by atoms with Crippen molar-refractivity contribution in [1.82, 2.24) is 30.2 Å². The van der Waals surface area contributed by atoms with Crippen LogP contribution < -0.4 is 5.32 Å². The van der Waals surface area contributed by atoms with E-state index >= 15 is 0 Å². The fraction of sp³-hybridized carbons (Fsp3) is 0.190. The van der Waals surface area contributed by atoms with Crippen molar-refractivity contribution in [3.63, 3.8) is 0 Å². The van der Waals surface area contributed by atoms with Crippen LogP contribution in [0.3, 0.4) is 0 Å². The number of nitrogens with one attached hydrogen (secondary N) is 1. The van der Waals surface area contributed by atoms with E-state index in [1.807, 2.05) is 53.3 Å². The van der Waals surface area contributed by atoms with Crippen molar-refractivity contribution in [3.05, 3.63) is 84.3 Å². The number of aryl methyl sites for hydroxylation is 1. The standard InChI is InChI=1S/C21H20N6O2/c28-19(6-7-20-25-21(26-29-20)18-8-11-22-12-9-18)23-14-16-2-4-17(5-3-16)15-27-13-1-10-24-27/h1-5,8-13H,6-7,14-15H2,(H,23,28). The molecular weight excluding hydrogens is 368 g/mol. The van der Waals surface area contributed by atoms with Gasteiger partial charge in [0.15, 0.2) is 0 Å². The predicted octanol–water partition coefficient (Wildman–Crippen LogP) is 2.63. The van der Waals surface area contributed by atoms with E-state index in [4.69, 9.17) is 4.52 Å². The molecule has 0 aliphatic carbocycles. The summed E-state index contributed by atoms with van der Waals surface area (Å²) in [5.74, 6) is 0.877. The molecule has 0 bridgehead atoms. The summed E-state index contributed by atoms with van der Waals surface area (Å²) >= 11 is 0. The quantitative estimate of drug-likeness (QED) is 0.498. The number of benzene rings is 1. The van der Waals surface area contributed by atoms with E-state index in [1.54, 1.807) is 18.6 Å². The first-order valence-corrected chi connectivity index (χ1v) is 9.31. The van der Waals surface area contributed by atoms with Crippen LogP contribution in [0.1, 0.15) is 23.4 Å². The maximum Gasteiger partial charge on any atom is 0.227 e. The number of pyridine rings is 1. The van der Waals surface area contributed by atoms with Gasteiger partial charge in [-0.15, -0.1) is 0 Å². The third-order valence-electron chi connectivity index (χ3n) is 4.39. The van der Waals surface area contributed by atoms with Gasteiger partial charge in [-0.2, -0.15) is 10.1 Å². The van der Waals surface area contributed by atoms with Crippen LogP contribution in [0.4, 0.5) is 0 Å². The first-order valence-electron chi connectivity index (χ1n) is 9.31. The number of carbonyl (C=O) groups is 1. The van der Waals surface area contributed by atoms with E-state index in [0.29, 0.717) is 24.7 Å². The zero-order valence-corrected chi connectivity index (χ0v) is 15.7. The minimum Gasteiger partial charge on any atom is -0.352 e. The Hall–Kier alpha value is -3.81. The average molecular weight is 388 g/mol. The smallest absolute Gasteiger partial charge is 0.227 e. The molecule has 8 nitrogen and oxygen atoms in total. The number of rotatable bonds is 8. The van der Waals surface area contributed by atoms with Crippen LogP contribution in [-0.2, 0) is 24.3 Å². The second-order valence-corrected chi connectivity index (χ2v) is 6.54. The van der Waals surface area contributed by atoms with Gasteiger partial charge in [0, 0.05) is 49.7 Å². The van der Waals surface area contributed by atoms with Crippen molar-refractivity contribution >= 4 is 5.91 Å². The molecular formula is C21H20N6O2. The molecule has 0 aliphatic rings. The summed E-state index contributed by atoms with van der Waals surface area (Å²) in [5.41, 5.74) is 3.03. The lowest BCUT2D eigenvalue weighted by atomic mass is 10.1. The monoisotopic (exact) mass is 388 g/mol. The van der Waals surface area contributed by atoms with E-state index in [9.17, 15) is 4.79 Å². The molecule has 1 aromatic carbocycles. The van der Waals surface area contributed by atoms with Crippen molar-refractivity contribution in [2.45, 2.75) is 25.9 Å². The summed E-state index contributed by atoms with van der Waals surface area (Å²) in [6, 6.07) is 13.6. The van der Waals surface area contributed by atoms with E-state index in [0.717, 1.165) is 23.2 Å². The van der Waals surface area contributed by atoms with Crippen molar-refractivity contribution < 1.29 is 9.32 Å². The molecule has 0 saturated carbocycles. The molecule has 29 heavy (non-hydrogen) atoms. The number of nitrogens with zero attached hydrogens (tertiary/aromatic N) is 5. The van der Waals surface area contributed by atoms with Gasteiger partial charge in [0.25, 0.3) is 0 Å². The summed E-state index contributed by atoms with van der Waals surface area (Å²) in [5, 5.41) is 11.1. The van der Waals surface area contributed by atoms with Crippen LogP contribution in [0.25, 0.3) is 11.4 Å². The van der Waals surface area contributed by atoms with E-state index in [1.165, 1.54) is 0 Å². The Morgan fingerprint density at radius 3 is 2.59 bits per heavy atom. The Morgan fingerprint density at radius 1 is 1.03 bits per heavy atom. The fourth-order valence-corrected chi connectivity index (χ4v) is 2.83. The Kier molecular flexibility index (Phi) is 5.70. The molecule has 4 rings (SSSR count). The Morgan fingerprint density at radius 2 is 1.83 bits per heavy atom. The minimum atomic E-state index is -0.0609. The minimum absolute atomic E-state index is 0.0609. The zero-order chi connectivity index (χ0) is 19.9. The molecule has 0 atom stereocenters. The lowest BCUT2D eigenvalue weighted by Crippen LogP contribution is -2.23. The van der Waals surface area contributed by atoms with Gasteiger partial charge in [0.05, 0.1) is 6.54 Å². The summed E-state index contributed by atoms with van der Waals surface area (Å²) in [6.45, 7) is 1.21. The van der Waals surface area contributed by atoms with E-state index in [2.05, 4.69) is 25.5 Å². The van der Waals surface area contributed by atoms with E-state index in [-0.39, 0.29) is 12.3 Å². The highest BCUT2D eigenvalue weighted by molar-refractivity contribution is 5.76. The molecule has 8 heteroatoms. The van der Waals surface area contributed by atoms with Gasteiger partial charge in [-0.25, -0.2) is 0 Å². The Labute approximate surface area is 167 Å². The van der Waals surface area contributed by atoms with Crippen LogP contribution in [-0.4, -0.2) is 30.8 Å². The van der Waals surface area contributed by atoms with Gasteiger partial charge >= 0.3 is 0 Å². The summed E-state index contributed by atoms with van der Waals surface area (Å²) in [6.07, 6.45) is 7.71. The fourth-order valence-electron chi connectivity index (χ4n) is 2.83. The van der Waals surface area contributed by atoms with Gasteiger partial charge in [0.2, 0.25) is 17.6 Å². The third-order valence-corrected chi connectivity index (χ3v) is 4.39. The summed E-state index contributed by atoms with van der Waals surface area (Å²) < 4.78 is 7.09. The molecule has 0 spiro atoms. The first-order chi connectivity index (χ1) is 14.3. The molecule has 0 radical (unpaired) electrons. The van der Waals surface area contributed by atoms with Crippen molar-refractivity contribution in [1.29, 1.82) is 0 Å². The van der Waals surface area contributed by atoms with Crippen molar-refractivity contribution in [3.8, 4) is 11.4 Å². The number of hydrogen-bond donors (Lipinski definition) is 1. The Balaban J connectivity index is 1.22. The summed E-state index contributed by atoms with van der Waals surface area (Å²) in [7, 11) is 0. The van der Waals surface area contributed by atoms with Gasteiger partial charge in [-0.1, -0.05) is 29.4 Å². The van der Waals surface area contributed by atoms with Gasteiger partial charge in [0.1, 0.15) is 0 Å². The average Bonchev–Trinajstić information content (AvgIpc) is 3.45. The lowest BCUT2D eigenvalue weighted by Gasteiger charge is -2.06. The third kappa shape index (κ3) is 5.13. The van der Waals surface area contributed by atoms with Crippen LogP contribution >= 0.6 is 0 Å². The van der Waals surface area contributed by atoms with Gasteiger partial charge < -0.3 is 9.84 Å². The first kappa shape index (κ1) is 18.5. The maximum absolute atomic E-state index is 12.1. The molecule has 4 aromatic rings. The van der Waals surface area contributed by atoms with Crippen LogP contribution in [0.5, 0.6) is 0 Å². The SMILES string of the molecule is O=C(CCc1nc(-c2ccncc2)no1)NCc1ccc(Cn2cccn2)cc1. The highest BCUT2D eigenvalue weighted by Gasteiger charge is 2.10. The number of aromatic nitrogens is 5. The highest BCUT2D eigenvalue weighted by Crippen LogP contribution is 2.14. The van der Waals surface area contributed by atoms with Crippen LogP contribution in [0.2, 0.25) is 0 Å².